The highest BCUT2D eigenvalue weighted by molar-refractivity contribution is 5.85. The van der Waals surface area contributed by atoms with Crippen molar-refractivity contribution in [1.82, 2.24) is 10.6 Å². The molecule has 0 saturated heterocycles. The van der Waals surface area contributed by atoms with Crippen LogP contribution in [-0.2, 0) is 14.4 Å². The van der Waals surface area contributed by atoms with Crippen molar-refractivity contribution in [3.63, 3.8) is 0 Å². The Labute approximate surface area is 161 Å². The van der Waals surface area contributed by atoms with Gasteiger partial charge in [-0.1, -0.05) is 36.4 Å². The molecular weight excluding hydrogens is 367 g/mol. The molecule has 28 heavy (non-hydrogen) atoms. The predicted octanol–water partition coefficient (Wildman–Crippen LogP) is 2.34. The third-order valence-electron chi connectivity index (χ3n) is 4.03. The first kappa shape index (κ1) is 20.9. The molecule has 0 bridgehead atoms. The van der Waals surface area contributed by atoms with Crippen LogP contribution in [0.2, 0.25) is 0 Å². The molecule has 0 saturated carbocycles. The Morgan fingerprint density at radius 3 is 2.29 bits per heavy atom. The van der Waals surface area contributed by atoms with Gasteiger partial charge >= 0.3 is 5.97 Å². The number of carbonyl (C=O) groups excluding carboxylic acids is 2. The lowest BCUT2D eigenvalue weighted by Gasteiger charge is -2.20. The third-order valence-corrected chi connectivity index (χ3v) is 4.03. The summed E-state index contributed by atoms with van der Waals surface area (Å²) in [5, 5.41) is 14.5. The highest BCUT2D eigenvalue weighted by Gasteiger charge is 2.25. The van der Waals surface area contributed by atoms with Crippen molar-refractivity contribution in [2.24, 2.45) is 0 Å². The van der Waals surface area contributed by atoms with Crippen molar-refractivity contribution in [1.29, 1.82) is 0 Å². The van der Waals surface area contributed by atoms with Crippen molar-refractivity contribution >= 4 is 17.8 Å². The van der Waals surface area contributed by atoms with Gasteiger partial charge in [-0.05, 0) is 23.3 Å². The maximum Gasteiger partial charge on any atom is 0.330 e. The number of methoxy groups -OCH3 is 1. The molecule has 2 aromatic rings. The molecule has 2 rings (SSSR count). The quantitative estimate of drug-likeness (QED) is 0.644. The summed E-state index contributed by atoms with van der Waals surface area (Å²) in [5.74, 6) is -3.04. The lowest BCUT2D eigenvalue weighted by Crippen LogP contribution is -2.37. The summed E-state index contributed by atoms with van der Waals surface area (Å²) < 4.78 is 18.7. The summed E-state index contributed by atoms with van der Waals surface area (Å²) in [7, 11) is 1.29. The lowest BCUT2D eigenvalue weighted by atomic mass is 10.0. The van der Waals surface area contributed by atoms with Crippen LogP contribution in [0.3, 0.4) is 0 Å². The van der Waals surface area contributed by atoms with Crippen molar-refractivity contribution in [3.05, 3.63) is 65.5 Å². The minimum Gasteiger partial charge on any atom is -0.494 e. The first-order valence-electron chi connectivity index (χ1n) is 8.49. The van der Waals surface area contributed by atoms with Gasteiger partial charge in [0.25, 0.3) is 0 Å². The van der Waals surface area contributed by atoms with Crippen LogP contribution >= 0.6 is 0 Å². The van der Waals surface area contributed by atoms with Crippen molar-refractivity contribution in [2.45, 2.75) is 25.4 Å². The van der Waals surface area contributed by atoms with Crippen LogP contribution < -0.4 is 15.4 Å². The molecule has 0 aromatic heterocycles. The number of carboxylic acids is 1. The lowest BCUT2D eigenvalue weighted by molar-refractivity contribution is -0.142. The number of carboxylic acid groups (broad SMARTS) is 1. The number of amides is 2. The van der Waals surface area contributed by atoms with E-state index in [9.17, 15) is 23.9 Å². The maximum atomic E-state index is 13.9. The van der Waals surface area contributed by atoms with Crippen LogP contribution in [0.15, 0.2) is 48.5 Å². The average molecular weight is 388 g/mol. The molecule has 2 amide bonds. The van der Waals surface area contributed by atoms with Crippen LogP contribution in [0, 0.1) is 5.82 Å². The molecule has 0 heterocycles. The Bertz CT molecular complexity index is 857. The zero-order valence-corrected chi connectivity index (χ0v) is 15.4. The molecule has 0 aliphatic carbocycles. The average Bonchev–Trinajstić information content (AvgIpc) is 2.65. The van der Waals surface area contributed by atoms with E-state index < -0.39 is 29.8 Å². The van der Waals surface area contributed by atoms with E-state index in [1.807, 2.05) is 0 Å². The van der Waals surface area contributed by atoms with Crippen molar-refractivity contribution in [3.8, 4) is 5.75 Å². The standard InChI is InChI=1S/C20H21FN2O5/c1-12(24)22-16(13-6-4-3-5-7-13)11-18(25)23-19(20(26)27)14-8-9-17(28-2)15(21)10-14/h3-10,16,19H,11H2,1-2H3,(H,22,24)(H,23,25)(H,26,27). The molecule has 0 spiro atoms. The van der Waals surface area contributed by atoms with Gasteiger partial charge in [-0.25, -0.2) is 9.18 Å². The fraction of sp³-hybridized carbons (Fsp3) is 0.250. The van der Waals surface area contributed by atoms with Gasteiger partial charge in [0.05, 0.1) is 19.6 Å². The van der Waals surface area contributed by atoms with Gasteiger partial charge in [-0.3, -0.25) is 9.59 Å². The minimum absolute atomic E-state index is 0.0333. The summed E-state index contributed by atoms with van der Waals surface area (Å²) in [6.45, 7) is 1.33. The molecule has 2 aromatic carbocycles. The Hall–Kier alpha value is -3.42. The second-order valence-electron chi connectivity index (χ2n) is 6.10. The second kappa shape index (κ2) is 9.50. The van der Waals surface area contributed by atoms with Crippen LogP contribution in [0.25, 0.3) is 0 Å². The predicted molar refractivity (Wildman–Crippen MR) is 99.1 cm³/mol. The largest absolute Gasteiger partial charge is 0.494 e. The fourth-order valence-electron chi connectivity index (χ4n) is 2.74. The minimum atomic E-state index is -1.44. The third kappa shape index (κ3) is 5.54. The number of halogens is 1. The monoisotopic (exact) mass is 388 g/mol. The molecule has 148 valence electrons. The maximum absolute atomic E-state index is 13.9. The van der Waals surface area contributed by atoms with Gasteiger partial charge in [0.15, 0.2) is 17.6 Å². The van der Waals surface area contributed by atoms with E-state index in [1.165, 1.54) is 26.2 Å². The summed E-state index contributed by atoms with van der Waals surface area (Å²) in [6.07, 6.45) is -0.175. The highest BCUT2D eigenvalue weighted by atomic mass is 19.1. The number of hydrogen-bond donors (Lipinski definition) is 3. The van der Waals surface area contributed by atoms with Gasteiger partial charge in [-0.2, -0.15) is 0 Å². The Kier molecular flexibility index (Phi) is 7.08. The Balaban J connectivity index is 2.17. The number of aliphatic carboxylic acids is 1. The Morgan fingerprint density at radius 1 is 1.07 bits per heavy atom. The summed E-state index contributed by atoms with van der Waals surface area (Å²) in [5.41, 5.74) is 0.769. The van der Waals surface area contributed by atoms with E-state index in [0.29, 0.717) is 5.56 Å². The van der Waals surface area contributed by atoms with Crippen LogP contribution in [0.4, 0.5) is 4.39 Å². The van der Waals surface area contributed by atoms with E-state index in [-0.39, 0.29) is 23.6 Å². The summed E-state index contributed by atoms with van der Waals surface area (Å²) in [6, 6.07) is 10.4. The molecule has 0 radical (unpaired) electrons. The zero-order chi connectivity index (χ0) is 20.7. The number of benzene rings is 2. The van der Waals surface area contributed by atoms with E-state index in [1.54, 1.807) is 30.3 Å². The van der Waals surface area contributed by atoms with Gasteiger partial charge in [0.2, 0.25) is 11.8 Å². The van der Waals surface area contributed by atoms with E-state index in [4.69, 9.17) is 4.74 Å². The number of ether oxygens (including phenoxy) is 1. The van der Waals surface area contributed by atoms with E-state index >= 15 is 0 Å². The number of carbonyl (C=O) groups is 3. The summed E-state index contributed by atoms with van der Waals surface area (Å²) in [4.78, 5) is 35.5. The first-order chi connectivity index (χ1) is 13.3. The SMILES string of the molecule is COc1ccc(C(NC(=O)CC(NC(C)=O)c2ccccc2)C(=O)O)cc1F. The molecule has 7 nitrogen and oxygen atoms in total. The summed E-state index contributed by atoms with van der Waals surface area (Å²) >= 11 is 0. The van der Waals surface area contributed by atoms with Gasteiger partial charge in [0, 0.05) is 6.92 Å². The molecule has 2 unspecified atom stereocenters. The van der Waals surface area contributed by atoms with Crippen molar-refractivity contribution < 1.29 is 28.6 Å². The molecular formula is C20H21FN2O5. The van der Waals surface area contributed by atoms with E-state index in [0.717, 1.165) is 6.07 Å². The van der Waals surface area contributed by atoms with Gasteiger partial charge in [-0.15, -0.1) is 0 Å². The molecule has 3 N–H and O–H groups in total. The van der Waals surface area contributed by atoms with Crippen LogP contribution in [0.1, 0.15) is 36.6 Å². The van der Waals surface area contributed by atoms with Crippen LogP contribution in [-0.4, -0.2) is 30.0 Å². The molecule has 0 aliphatic heterocycles. The fourth-order valence-corrected chi connectivity index (χ4v) is 2.74. The number of nitrogens with one attached hydrogen (secondary N) is 2. The number of rotatable bonds is 8. The van der Waals surface area contributed by atoms with Crippen LogP contribution in [0.5, 0.6) is 5.75 Å². The highest BCUT2D eigenvalue weighted by Crippen LogP contribution is 2.23. The Morgan fingerprint density at radius 2 is 1.75 bits per heavy atom. The molecule has 0 aliphatic rings. The van der Waals surface area contributed by atoms with Crippen molar-refractivity contribution in [2.75, 3.05) is 7.11 Å². The van der Waals surface area contributed by atoms with Gasteiger partial charge < -0.3 is 20.5 Å². The second-order valence-corrected chi connectivity index (χ2v) is 6.10. The zero-order valence-electron chi connectivity index (χ0n) is 15.4. The first-order valence-corrected chi connectivity index (χ1v) is 8.49. The van der Waals surface area contributed by atoms with E-state index in [2.05, 4.69) is 10.6 Å². The smallest absolute Gasteiger partial charge is 0.330 e. The molecule has 2 atom stereocenters. The normalized spacial score (nSPS) is 12.5. The molecule has 8 heteroatoms. The topological polar surface area (TPSA) is 105 Å². The number of hydrogen-bond acceptors (Lipinski definition) is 4. The molecule has 0 fully saturated rings. The van der Waals surface area contributed by atoms with Gasteiger partial charge in [0.1, 0.15) is 0 Å².